The summed E-state index contributed by atoms with van der Waals surface area (Å²) < 4.78 is 12.5. The molecule has 0 aliphatic rings. The molecule has 0 N–H and O–H groups in total. The van der Waals surface area contributed by atoms with Gasteiger partial charge in [-0.05, 0) is 30.5 Å². The molecule has 0 unspecified atom stereocenters. The summed E-state index contributed by atoms with van der Waals surface area (Å²) in [4.78, 5) is 0. The average molecular weight is 348 g/mol. The molecular weight excluding hydrogens is 320 g/mol. The molecule has 3 aromatic carbocycles. The molecule has 0 heterocycles. The smallest absolute Gasteiger partial charge is 0.135 e. The van der Waals surface area contributed by atoms with Gasteiger partial charge >= 0.3 is 0 Å². The fourth-order valence-corrected chi connectivity index (χ4v) is 3.19. The molecule has 26 heavy (non-hydrogen) atoms. The molecule has 0 saturated carbocycles. The van der Waals surface area contributed by atoms with E-state index in [1.165, 1.54) is 0 Å². The number of rotatable bonds is 9. The number of hydrogen-bond acceptors (Lipinski definition) is 2. The summed E-state index contributed by atoms with van der Waals surface area (Å²) in [5.74, 6) is 1.91. The van der Waals surface area contributed by atoms with Crippen LogP contribution in [0.2, 0.25) is 0 Å². The van der Waals surface area contributed by atoms with Gasteiger partial charge in [-0.2, -0.15) is 0 Å². The molecule has 0 fully saturated rings. The number of unbranched alkanes of at least 4 members (excludes halogenated alkanes) is 2. The zero-order valence-corrected chi connectivity index (χ0v) is 15.9. The Balaban J connectivity index is 2.24. The quantitative estimate of drug-likeness (QED) is 0.306. The zero-order valence-electron chi connectivity index (χ0n) is 15.9. The molecule has 0 atom stereocenters. The molecule has 0 aromatic heterocycles. The van der Waals surface area contributed by atoms with Gasteiger partial charge in [0.15, 0.2) is 0 Å². The van der Waals surface area contributed by atoms with Crippen LogP contribution in [-0.4, -0.2) is 13.2 Å². The molecule has 0 saturated heterocycles. The lowest BCUT2D eigenvalue weighted by Gasteiger charge is -2.18. The van der Waals surface area contributed by atoms with Gasteiger partial charge in [0, 0.05) is 21.5 Å². The van der Waals surface area contributed by atoms with Crippen LogP contribution in [0.25, 0.3) is 27.6 Å². The number of fused-ring (bicyclic) bond motifs is 2. The second kappa shape index (κ2) is 8.75. The molecular formula is C24H28O2. The minimum Gasteiger partial charge on any atom is -0.492 e. The van der Waals surface area contributed by atoms with E-state index in [2.05, 4.69) is 62.9 Å². The average Bonchev–Trinajstić information content (AvgIpc) is 2.69. The van der Waals surface area contributed by atoms with Gasteiger partial charge < -0.3 is 9.47 Å². The highest BCUT2D eigenvalue weighted by molar-refractivity contribution is 6.11. The SMILES string of the molecule is C=Cc1ccc2c(OCCCC)c3ccccc3c(OCCCC)c2c1. The van der Waals surface area contributed by atoms with Crippen LogP contribution < -0.4 is 9.47 Å². The Labute approximate surface area is 156 Å². The number of benzene rings is 3. The summed E-state index contributed by atoms with van der Waals surface area (Å²) in [5.41, 5.74) is 1.09. The maximum Gasteiger partial charge on any atom is 0.135 e. The Bertz CT molecular complexity index is 895. The topological polar surface area (TPSA) is 18.5 Å². The van der Waals surface area contributed by atoms with E-state index >= 15 is 0 Å². The molecule has 3 rings (SSSR count). The van der Waals surface area contributed by atoms with Crippen molar-refractivity contribution in [1.29, 1.82) is 0 Å². The first-order valence-electron chi connectivity index (χ1n) is 9.66. The predicted molar refractivity (Wildman–Crippen MR) is 112 cm³/mol. The standard InChI is InChI=1S/C24H28O2/c1-4-7-15-25-23-19-11-9-10-12-20(19)24(26-16-8-5-2)22-17-18(6-3)13-14-21(22)23/h6,9-14,17H,3-5,7-8,15-16H2,1-2H3. The fourth-order valence-electron chi connectivity index (χ4n) is 3.19. The lowest BCUT2D eigenvalue weighted by Crippen LogP contribution is -2.02. The van der Waals surface area contributed by atoms with E-state index < -0.39 is 0 Å². The van der Waals surface area contributed by atoms with Crippen LogP contribution in [0.5, 0.6) is 11.5 Å². The van der Waals surface area contributed by atoms with Crippen molar-refractivity contribution in [1.82, 2.24) is 0 Å². The molecule has 0 amide bonds. The summed E-state index contributed by atoms with van der Waals surface area (Å²) in [6.07, 6.45) is 6.21. The molecule has 0 aliphatic heterocycles. The first-order chi connectivity index (χ1) is 12.8. The molecule has 136 valence electrons. The largest absolute Gasteiger partial charge is 0.492 e. The van der Waals surface area contributed by atoms with E-state index in [-0.39, 0.29) is 0 Å². The summed E-state index contributed by atoms with van der Waals surface area (Å²) in [6.45, 7) is 9.74. The lowest BCUT2D eigenvalue weighted by molar-refractivity contribution is 0.311. The van der Waals surface area contributed by atoms with Crippen LogP contribution in [0.1, 0.15) is 45.1 Å². The van der Waals surface area contributed by atoms with Gasteiger partial charge in [-0.1, -0.05) is 69.7 Å². The third-order valence-electron chi connectivity index (χ3n) is 4.67. The van der Waals surface area contributed by atoms with Crippen molar-refractivity contribution >= 4 is 27.6 Å². The third kappa shape index (κ3) is 3.70. The lowest BCUT2D eigenvalue weighted by atomic mass is 9.98. The highest BCUT2D eigenvalue weighted by Crippen LogP contribution is 2.43. The number of hydrogen-bond donors (Lipinski definition) is 0. The summed E-state index contributed by atoms with van der Waals surface area (Å²) in [5, 5.41) is 4.44. The molecule has 3 aromatic rings. The molecule has 0 spiro atoms. The van der Waals surface area contributed by atoms with E-state index in [1.54, 1.807) is 0 Å². The van der Waals surface area contributed by atoms with Crippen LogP contribution in [0.3, 0.4) is 0 Å². The van der Waals surface area contributed by atoms with Crippen LogP contribution in [-0.2, 0) is 0 Å². The zero-order chi connectivity index (χ0) is 18.4. The first-order valence-corrected chi connectivity index (χ1v) is 9.66. The van der Waals surface area contributed by atoms with Crippen LogP contribution in [0.15, 0.2) is 49.0 Å². The van der Waals surface area contributed by atoms with Gasteiger partial charge in [0.2, 0.25) is 0 Å². The minimum atomic E-state index is 0.726. The van der Waals surface area contributed by atoms with Gasteiger partial charge in [-0.3, -0.25) is 0 Å². The Morgan fingerprint density at radius 3 is 1.85 bits per heavy atom. The Hall–Kier alpha value is -2.48. The van der Waals surface area contributed by atoms with E-state index in [1.807, 2.05) is 6.08 Å². The van der Waals surface area contributed by atoms with Crippen molar-refractivity contribution in [3.63, 3.8) is 0 Å². The summed E-state index contributed by atoms with van der Waals surface area (Å²) in [7, 11) is 0. The Morgan fingerprint density at radius 1 is 0.769 bits per heavy atom. The highest BCUT2D eigenvalue weighted by Gasteiger charge is 2.16. The van der Waals surface area contributed by atoms with Crippen molar-refractivity contribution in [2.75, 3.05) is 13.2 Å². The molecule has 0 radical (unpaired) electrons. The van der Waals surface area contributed by atoms with E-state index in [0.29, 0.717) is 0 Å². The van der Waals surface area contributed by atoms with Gasteiger partial charge in [0.05, 0.1) is 13.2 Å². The van der Waals surface area contributed by atoms with Gasteiger partial charge in [0.1, 0.15) is 11.5 Å². The monoisotopic (exact) mass is 348 g/mol. The molecule has 2 nitrogen and oxygen atoms in total. The van der Waals surface area contributed by atoms with Crippen LogP contribution in [0, 0.1) is 0 Å². The highest BCUT2D eigenvalue weighted by atomic mass is 16.5. The van der Waals surface area contributed by atoms with Crippen LogP contribution in [0.4, 0.5) is 0 Å². The second-order valence-electron chi connectivity index (χ2n) is 6.62. The second-order valence-corrected chi connectivity index (χ2v) is 6.62. The van der Waals surface area contributed by atoms with Crippen molar-refractivity contribution in [2.24, 2.45) is 0 Å². The van der Waals surface area contributed by atoms with Gasteiger partial charge in [-0.25, -0.2) is 0 Å². The summed E-state index contributed by atoms with van der Waals surface area (Å²) >= 11 is 0. The fraction of sp³-hybridized carbons (Fsp3) is 0.333. The van der Waals surface area contributed by atoms with E-state index in [4.69, 9.17) is 9.47 Å². The van der Waals surface area contributed by atoms with Crippen LogP contribution >= 0.6 is 0 Å². The maximum absolute atomic E-state index is 6.26. The first kappa shape index (κ1) is 18.3. The van der Waals surface area contributed by atoms with E-state index in [0.717, 1.165) is 77.5 Å². The van der Waals surface area contributed by atoms with Crippen molar-refractivity contribution in [2.45, 2.75) is 39.5 Å². The number of ether oxygens (including phenoxy) is 2. The normalized spacial score (nSPS) is 11.0. The summed E-state index contributed by atoms with van der Waals surface area (Å²) in [6, 6.07) is 14.8. The minimum absolute atomic E-state index is 0.726. The third-order valence-corrected chi connectivity index (χ3v) is 4.67. The molecule has 0 bridgehead atoms. The van der Waals surface area contributed by atoms with Gasteiger partial charge in [0.25, 0.3) is 0 Å². The van der Waals surface area contributed by atoms with Crippen molar-refractivity contribution < 1.29 is 9.47 Å². The predicted octanol–water partition coefficient (Wildman–Crippen LogP) is 6.99. The molecule has 2 heteroatoms. The van der Waals surface area contributed by atoms with Crippen molar-refractivity contribution in [3.8, 4) is 11.5 Å². The Kier molecular flexibility index (Phi) is 6.17. The maximum atomic E-state index is 6.26. The van der Waals surface area contributed by atoms with E-state index in [9.17, 15) is 0 Å². The molecule has 0 aliphatic carbocycles. The van der Waals surface area contributed by atoms with Crippen molar-refractivity contribution in [3.05, 3.63) is 54.6 Å². The Morgan fingerprint density at radius 2 is 1.31 bits per heavy atom. The van der Waals surface area contributed by atoms with Gasteiger partial charge in [-0.15, -0.1) is 0 Å².